The van der Waals surface area contributed by atoms with Gasteiger partial charge >= 0.3 is 6.09 Å². The number of β-amino-alcohol motifs (C(OH)–C–C–N with tert-alkyl or cyclic N) is 1. The number of carbonyl (C=O) groups excluding carboxylic acids is 1. The molecule has 0 aromatic carbocycles. The maximum atomic E-state index is 11.9. The van der Waals surface area contributed by atoms with Gasteiger partial charge in [-0.2, -0.15) is 0 Å². The van der Waals surface area contributed by atoms with Crippen LogP contribution in [-0.4, -0.2) is 40.4 Å². The summed E-state index contributed by atoms with van der Waals surface area (Å²) in [6, 6.07) is 0.0161. The molecule has 0 spiro atoms. The van der Waals surface area contributed by atoms with Crippen molar-refractivity contribution in [3.63, 3.8) is 0 Å². The van der Waals surface area contributed by atoms with E-state index in [0.29, 0.717) is 19.4 Å². The summed E-state index contributed by atoms with van der Waals surface area (Å²) >= 11 is 0. The highest BCUT2D eigenvalue weighted by atomic mass is 16.6. The Bertz CT molecular complexity index is 270. The van der Waals surface area contributed by atoms with Gasteiger partial charge in [-0.3, -0.25) is 0 Å². The Kier molecular flexibility index (Phi) is 3.97. The minimum Gasteiger partial charge on any atom is -0.444 e. The maximum absolute atomic E-state index is 11.9. The van der Waals surface area contributed by atoms with Gasteiger partial charge in [-0.15, -0.1) is 6.58 Å². The number of hydrogen-bond acceptors (Lipinski definition) is 3. The summed E-state index contributed by atoms with van der Waals surface area (Å²) < 4.78 is 5.29. The van der Waals surface area contributed by atoms with Crippen molar-refractivity contribution in [2.45, 2.75) is 51.4 Å². The topological polar surface area (TPSA) is 49.8 Å². The Labute approximate surface area is 96.9 Å². The Balaban J connectivity index is 2.63. The van der Waals surface area contributed by atoms with E-state index in [1.807, 2.05) is 20.8 Å². The molecule has 0 aromatic rings. The van der Waals surface area contributed by atoms with Crippen molar-refractivity contribution in [2.24, 2.45) is 0 Å². The van der Waals surface area contributed by atoms with Gasteiger partial charge in [-0.05, 0) is 33.6 Å². The fraction of sp³-hybridized carbons (Fsp3) is 0.750. The van der Waals surface area contributed by atoms with Crippen molar-refractivity contribution < 1.29 is 14.6 Å². The first-order chi connectivity index (χ1) is 7.33. The number of ether oxygens (including phenoxy) is 1. The number of aliphatic hydroxyl groups excluding tert-OH is 1. The fourth-order valence-corrected chi connectivity index (χ4v) is 1.85. The molecule has 4 heteroatoms. The molecule has 1 amide bonds. The number of rotatable bonds is 2. The first kappa shape index (κ1) is 13.0. The lowest BCUT2D eigenvalue weighted by Gasteiger charge is -2.27. The quantitative estimate of drug-likeness (QED) is 0.733. The van der Waals surface area contributed by atoms with Gasteiger partial charge in [0.15, 0.2) is 0 Å². The van der Waals surface area contributed by atoms with Crippen molar-refractivity contribution >= 4 is 6.09 Å². The Hall–Kier alpha value is -1.03. The van der Waals surface area contributed by atoms with Crippen LogP contribution >= 0.6 is 0 Å². The van der Waals surface area contributed by atoms with Crippen LogP contribution in [0.5, 0.6) is 0 Å². The van der Waals surface area contributed by atoms with Crippen LogP contribution in [0.3, 0.4) is 0 Å². The van der Waals surface area contributed by atoms with E-state index >= 15 is 0 Å². The van der Waals surface area contributed by atoms with Crippen molar-refractivity contribution in [3.05, 3.63) is 12.7 Å². The van der Waals surface area contributed by atoms with Crippen LogP contribution in [0.25, 0.3) is 0 Å². The lowest BCUT2D eigenvalue weighted by atomic mass is 10.1. The number of carbonyl (C=O) groups is 1. The van der Waals surface area contributed by atoms with Crippen LogP contribution < -0.4 is 0 Å². The molecule has 2 atom stereocenters. The smallest absolute Gasteiger partial charge is 0.410 e. The Morgan fingerprint density at radius 2 is 2.25 bits per heavy atom. The normalized spacial score (nSPS) is 25.6. The molecule has 16 heavy (non-hydrogen) atoms. The summed E-state index contributed by atoms with van der Waals surface area (Å²) in [6.45, 7) is 9.51. The number of nitrogens with zero attached hydrogens (tertiary/aromatic N) is 1. The zero-order valence-corrected chi connectivity index (χ0v) is 10.3. The standard InChI is InChI=1S/C12H21NO3/c1-5-6-9-7-10(14)8-13(9)11(15)16-12(2,3)4/h5,9-10,14H,1,6-8H2,2-4H3/t9-,10-/m0/s1. The van der Waals surface area contributed by atoms with Gasteiger partial charge in [-0.25, -0.2) is 4.79 Å². The summed E-state index contributed by atoms with van der Waals surface area (Å²) in [7, 11) is 0. The molecule has 0 radical (unpaired) electrons. The molecular formula is C12H21NO3. The highest BCUT2D eigenvalue weighted by Crippen LogP contribution is 2.23. The molecule has 1 aliphatic heterocycles. The van der Waals surface area contributed by atoms with Crippen LogP contribution in [-0.2, 0) is 4.74 Å². The van der Waals surface area contributed by atoms with Crippen molar-refractivity contribution in [1.29, 1.82) is 0 Å². The summed E-state index contributed by atoms with van der Waals surface area (Å²) in [5.41, 5.74) is -0.497. The summed E-state index contributed by atoms with van der Waals surface area (Å²) in [4.78, 5) is 13.4. The van der Waals surface area contributed by atoms with E-state index in [-0.39, 0.29) is 12.1 Å². The van der Waals surface area contributed by atoms with Crippen LogP contribution in [0.15, 0.2) is 12.7 Å². The van der Waals surface area contributed by atoms with E-state index in [1.54, 1.807) is 11.0 Å². The third-order valence-corrected chi connectivity index (χ3v) is 2.46. The minimum absolute atomic E-state index is 0.0161. The molecule has 0 bridgehead atoms. The van der Waals surface area contributed by atoms with Crippen molar-refractivity contribution in [2.75, 3.05) is 6.54 Å². The summed E-state index contributed by atoms with van der Waals surface area (Å²) in [5, 5.41) is 9.56. The molecule has 1 rings (SSSR count). The molecule has 1 heterocycles. The predicted molar refractivity (Wildman–Crippen MR) is 62.2 cm³/mol. The molecule has 0 unspecified atom stereocenters. The molecule has 1 saturated heterocycles. The highest BCUT2D eigenvalue weighted by molar-refractivity contribution is 5.69. The van der Waals surface area contributed by atoms with Crippen molar-refractivity contribution in [3.8, 4) is 0 Å². The predicted octanol–water partition coefficient (Wildman–Crippen LogP) is 1.93. The van der Waals surface area contributed by atoms with Crippen LogP contribution in [0, 0.1) is 0 Å². The second kappa shape index (κ2) is 4.87. The van der Waals surface area contributed by atoms with Crippen LogP contribution in [0.1, 0.15) is 33.6 Å². The van der Waals surface area contributed by atoms with Gasteiger partial charge in [0.2, 0.25) is 0 Å². The molecule has 1 N–H and O–H groups in total. The van der Waals surface area contributed by atoms with E-state index in [9.17, 15) is 9.90 Å². The Morgan fingerprint density at radius 3 is 2.75 bits per heavy atom. The van der Waals surface area contributed by atoms with Gasteiger partial charge in [-0.1, -0.05) is 6.08 Å². The molecule has 1 fully saturated rings. The molecule has 92 valence electrons. The molecule has 0 aromatic heterocycles. The number of amides is 1. The largest absolute Gasteiger partial charge is 0.444 e. The minimum atomic E-state index is -0.497. The number of hydrogen-bond donors (Lipinski definition) is 1. The van der Waals surface area contributed by atoms with Gasteiger partial charge in [0.05, 0.1) is 12.6 Å². The van der Waals surface area contributed by atoms with E-state index in [2.05, 4.69) is 6.58 Å². The van der Waals surface area contributed by atoms with Gasteiger partial charge < -0.3 is 14.7 Å². The van der Waals surface area contributed by atoms with E-state index in [1.165, 1.54) is 0 Å². The third kappa shape index (κ3) is 3.52. The molecular weight excluding hydrogens is 206 g/mol. The summed E-state index contributed by atoms with van der Waals surface area (Å²) in [5.74, 6) is 0. The number of likely N-dealkylation sites (tertiary alicyclic amines) is 1. The molecule has 0 saturated carbocycles. The lowest BCUT2D eigenvalue weighted by molar-refractivity contribution is 0.0210. The van der Waals surface area contributed by atoms with E-state index in [4.69, 9.17) is 4.74 Å². The highest BCUT2D eigenvalue weighted by Gasteiger charge is 2.35. The third-order valence-electron chi connectivity index (χ3n) is 2.46. The van der Waals surface area contributed by atoms with E-state index in [0.717, 1.165) is 0 Å². The first-order valence-electron chi connectivity index (χ1n) is 5.62. The second-order valence-electron chi connectivity index (χ2n) is 5.20. The van der Waals surface area contributed by atoms with Gasteiger partial charge in [0.1, 0.15) is 5.60 Å². The van der Waals surface area contributed by atoms with Gasteiger partial charge in [0, 0.05) is 6.04 Å². The zero-order chi connectivity index (χ0) is 12.3. The molecule has 1 aliphatic rings. The van der Waals surface area contributed by atoms with Crippen LogP contribution in [0.4, 0.5) is 4.79 Å². The lowest BCUT2D eigenvalue weighted by Crippen LogP contribution is -2.40. The second-order valence-corrected chi connectivity index (χ2v) is 5.20. The first-order valence-corrected chi connectivity index (χ1v) is 5.62. The SMILES string of the molecule is C=CC[C@H]1C[C@H](O)CN1C(=O)OC(C)(C)C. The van der Waals surface area contributed by atoms with Crippen LogP contribution in [0.2, 0.25) is 0 Å². The summed E-state index contributed by atoms with van der Waals surface area (Å²) in [6.07, 6.45) is 2.26. The monoisotopic (exact) mass is 227 g/mol. The van der Waals surface area contributed by atoms with E-state index < -0.39 is 11.7 Å². The van der Waals surface area contributed by atoms with Crippen molar-refractivity contribution in [1.82, 2.24) is 4.90 Å². The fourth-order valence-electron chi connectivity index (χ4n) is 1.85. The maximum Gasteiger partial charge on any atom is 0.410 e. The molecule has 4 nitrogen and oxygen atoms in total. The van der Waals surface area contributed by atoms with Gasteiger partial charge in [0.25, 0.3) is 0 Å². The molecule has 0 aliphatic carbocycles. The average molecular weight is 227 g/mol. The average Bonchev–Trinajstić information content (AvgIpc) is 2.44. The zero-order valence-electron chi connectivity index (χ0n) is 10.3. The number of aliphatic hydroxyl groups is 1. The Morgan fingerprint density at radius 1 is 1.62 bits per heavy atom.